The molecule has 0 radical (unpaired) electrons. The summed E-state index contributed by atoms with van der Waals surface area (Å²) >= 11 is 0. The summed E-state index contributed by atoms with van der Waals surface area (Å²) in [6.07, 6.45) is 1.73. The van der Waals surface area contributed by atoms with Crippen LogP contribution in [0, 0.1) is 13.8 Å². The lowest BCUT2D eigenvalue weighted by atomic mass is 10.1. The van der Waals surface area contributed by atoms with Gasteiger partial charge in [-0.1, -0.05) is 11.2 Å². The van der Waals surface area contributed by atoms with Crippen LogP contribution in [0.25, 0.3) is 22.0 Å². The number of benzene rings is 1. The number of nitrogens with zero attached hydrogens (tertiary/aromatic N) is 3. The maximum absolute atomic E-state index is 12.8. The van der Waals surface area contributed by atoms with Crippen LogP contribution in [0.4, 0.5) is 5.69 Å². The highest BCUT2D eigenvalue weighted by atomic mass is 16.5. The van der Waals surface area contributed by atoms with Crippen molar-refractivity contribution < 1.29 is 9.32 Å². The van der Waals surface area contributed by atoms with Gasteiger partial charge in [-0.3, -0.25) is 9.78 Å². The number of carbonyl (C=O) groups is 1. The highest BCUT2D eigenvalue weighted by molar-refractivity contribution is 6.14. The normalized spacial score (nSPS) is 11.1. The Morgan fingerprint density at radius 1 is 1.17 bits per heavy atom. The minimum atomic E-state index is -0.229. The maximum Gasteiger partial charge on any atom is 0.258 e. The molecule has 0 saturated carbocycles. The van der Waals surface area contributed by atoms with Crippen LogP contribution in [-0.2, 0) is 0 Å². The second-order valence-electron chi connectivity index (χ2n) is 5.59. The smallest absolute Gasteiger partial charge is 0.258 e. The van der Waals surface area contributed by atoms with Crippen molar-refractivity contribution in [3.8, 4) is 0 Å². The lowest BCUT2D eigenvalue weighted by Crippen LogP contribution is -2.13. The topological polar surface area (TPSA) is 80.9 Å². The third-order valence-corrected chi connectivity index (χ3v) is 3.88. The van der Waals surface area contributed by atoms with Gasteiger partial charge in [-0.25, -0.2) is 4.98 Å². The zero-order valence-corrected chi connectivity index (χ0v) is 13.2. The van der Waals surface area contributed by atoms with Crippen molar-refractivity contribution >= 4 is 33.6 Å². The molecule has 0 spiro atoms. The first-order valence-corrected chi connectivity index (χ1v) is 7.52. The molecule has 0 atom stereocenters. The molecule has 0 fully saturated rings. The number of pyridine rings is 2. The first-order chi connectivity index (χ1) is 11.6. The summed E-state index contributed by atoms with van der Waals surface area (Å²) in [5.74, 6) is -0.229. The van der Waals surface area contributed by atoms with Crippen LogP contribution in [0.15, 0.2) is 47.1 Å². The maximum atomic E-state index is 12.8. The Bertz CT molecular complexity index is 1080. The largest absolute Gasteiger partial charge is 0.336 e. The van der Waals surface area contributed by atoms with Crippen molar-refractivity contribution in [2.24, 2.45) is 0 Å². The minimum absolute atomic E-state index is 0.229. The fourth-order valence-electron chi connectivity index (χ4n) is 2.80. The Morgan fingerprint density at radius 3 is 2.92 bits per heavy atom. The number of hydrogen-bond acceptors (Lipinski definition) is 5. The molecule has 24 heavy (non-hydrogen) atoms. The molecule has 0 unspecified atom stereocenters. The van der Waals surface area contributed by atoms with Crippen LogP contribution < -0.4 is 5.32 Å². The summed E-state index contributed by atoms with van der Waals surface area (Å²) < 4.78 is 5.19. The first-order valence-electron chi connectivity index (χ1n) is 7.52. The van der Waals surface area contributed by atoms with Gasteiger partial charge < -0.3 is 9.84 Å². The minimum Gasteiger partial charge on any atom is -0.336 e. The van der Waals surface area contributed by atoms with Crippen molar-refractivity contribution in [1.82, 2.24) is 15.1 Å². The predicted octanol–water partition coefficient (Wildman–Crippen LogP) is 3.64. The Hall–Kier alpha value is -3.28. The van der Waals surface area contributed by atoms with Crippen LogP contribution in [0.5, 0.6) is 0 Å². The predicted molar refractivity (Wildman–Crippen MR) is 91.0 cm³/mol. The summed E-state index contributed by atoms with van der Waals surface area (Å²) in [5, 5.41) is 8.39. The van der Waals surface area contributed by atoms with E-state index in [9.17, 15) is 4.79 Å². The van der Waals surface area contributed by atoms with E-state index in [0.717, 1.165) is 10.9 Å². The highest BCUT2D eigenvalue weighted by Crippen LogP contribution is 2.25. The van der Waals surface area contributed by atoms with Crippen LogP contribution >= 0.6 is 0 Å². The average Bonchev–Trinajstić information content (AvgIpc) is 2.95. The van der Waals surface area contributed by atoms with Crippen molar-refractivity contribution in [3.05, 3.63) is 59.5 Å². The fraction of sp³-hybridized carbons (Fsp3) is 0.111. The molecule has 6 heteroatoms. The summed E-state index contributed by atoms with van der Waals surface area (Å²) in [7, 11) is 0. The van der Waals surface area contributed by atoms with Crippen LogP contribution in [0.2, 0.25) is 0 Å². The van der Waals surface area contributed by atoms with E-state index in [0.29, 0.717) is 33.7 Å². The monoisotopic (exact) mass is 318 g/mol. The molecule has 3 heterocycles. The van der Waals surface area contributed by atoms with E-state index in [-0.39, 0.29) is 5.91 Å². The molecule has 3 aromatic heterocycles. The van der Waals surface area contributed by atoms with Crippen molar-refractivity contribution in [3.63, 3.8) is 0 Å². The summed E-state index contributed by atoms with van der Waals surface area (Å²) in [6.45, 7) is 3.61. The Kier molecular flexibility index (Phi) is 3.23. The fourth-order valence-corrected chi connectivity index (χ4v) is 2.80. The summed E-state index contributed by atoms with van der Waals surface area (Å²) in [5.41, 5.74) is 3.75. The average molecular weight is 318 g/mol. The Balaban J connectivity index is 1.81. The molecule has 1 amide bonds. The second-order valence-corrected chi connectivity index (χ2v) is 5.59. The quantitative estimate of drug-likeness (QED) is 0.610. The molecule has 0 bridgehead atoms. The molecule has 0 aliphatic rings. The third kappa shape index (κ3) is 2.28. The molecule has 6 nitrogen and oxygen atoms in total. The summed E-state index contributed by atoms with van der Waals surface area (Å²) in [4.78, 5) is 21.4. The van der Waals surface area contributed by atoms with Gasteiger partial charge in [0.2, 0.25) is 0 Å². The number of hydrogen-bond donors (Lipinski definition) is 1. The number of aromatic nitrogens is 3. The van der Waals surface area contributed by atoms with Crippen LogP contribution in [0.3, 0.4) is 0 Å². The third-order valence-electron chi connectivity index (χ3n) is 3.88. The molecular weight excluding hydrogens is 304 g/mol. The van der Waals surface area contributed by atoms with Crippen LogP contribution in [-0.4, -0.2) is 21.0 Å². The van der Waals surface area contributed by atoms with Gasteiger partial charge in [-0.05, 0) is 44.2 Å². The van der Waals surface area contributed by atoms with Gasteiger partial charge in [0.15, 0.2) is 0 Å². The van der Waals surface area contributed by atoms with E-state index in [1.165, 1.54) is 0 Å². The second kappa shape index (κ2) is 5.42. The van der Waals surface area contributed by atoms with Crippen molar-refractivity contribution in [1.29, 1.82) is 0 Å². The zero-order chi connectivity index (χ0) is 16.7. The van der Waals surface area contributed by atoms with Gasteiger partial charge in [0.1, 0.15) is 0 Å². The van der Waals surface area contributed by atoms with E-state index < -0.39 is 0 Å². The van der Waals surface area contributed by atoms with Gasteiger partial charge in [0.25, 0.3) is 11.6 Å². The first kappa shape index (κ1) is 14.3. The molecule has 4 aromatic rings. The van der Waals surface area contributed by atoms with Gasteiger partial charge in [-0.2, -0.15) is 0 Å². The van der Waals surface area contributed by atoms with Crippen molar-refractivity contribution in [2.45, 2.75) is 13.8 Å². The number of anilines is 1. The van der Waals surface area contributed by atoms with Crippen molar-refractivity contribution in [2.75, 3.05) is 5.32 Å². The van der Waals surface area contributed by atoms with Gasteiger partial charge >= 0.3 is 0 Å². The standard InChI is InChI=1S/C18H14N4O2/c1-10-9-13(16-11(2)22-24-18(16)20-10)17(23)21-15-7-3-6-14-12(15)5-4-8-19-14/h3-9H,1-2H3,(H,21,23). The molecule has 4 rings (SSSR count). The number of amides is 1. The van der Waals surface area contributed by atoms with Gasteiger partial charge in [0, 0.05) is 17.3 Å². The van der Waals surface area contributed by atoms with E-state index in [4.69, 9.17) is 4.52 Å². The zero-order valence-electron chi connectivity index (χ0n) is 13.2. The molecule has 118 valence electrons. The SMILES string of the molecule is Cc1cc(C(=O)Nc2cccc3ncccc23)c2c(C)noc2n1. The molecule has 0 aliphatic heterocycles. The number of nitrogens with one attached hydrogen (secondary N) is 1. The number of fused-ring (bicyclic) bond motifs is 2. The molecule has 1 aromatic carbocycles. The van der Waals surface area contributed by atoms with Gasteiger partial charge in [-0.15, -0.1) is 0 Å². The summed E-state index contributed by atoms with van der Waals surface area (Å²) in [6, 6.07) is 11.1. The lowest BCUT2D eigenvalue weighted by molar-refractivity contribution is 0.102. The van der Waals surface area contributed by atoms with E-state index >= 15 is 0 Å². The number of aryl methyl sites for hydroxylation is 2. The van der Waals surface area contributed by atoms with E-state index in [1.807, 2.05) is 37.3 Å². The number of carbonyl (C=O) groups excluding carboxylic acids is 1. The highest BCUT2D eigenvalue weighted by Gasteiger charge is 2.18. The molecule has 0 saturated heterocycles. The Morgan fingerprint density at radius 2 is 2.04 bits per heavy atom. The van der Waals surface area contributed by atoms with Gasteiger partial charge in [0.05, 0.1) is 27.8 Å². The Labute approximate surface area is 137 Å². The number of rotatable bonds is 2. The molecular formula is C18H14N4O2. The van der Waals surface area contributed by atoms with E-state index in [1.54, 1.807) is 19.2 Å². The van der Waals surface area contributed by atoms with Crippen LogP contribution in [0.1, 0.15) is 21.7 Å². The lowest BCUT2D eigenvalue weighted by Gasteiger charge is -2.09. The molecule has 0 aliphatic carbocycles. The molecule has 1 N–H and O–H groups in total. The van der Waals surface area contributed by atoms with E-state index in [2.05, 4.69) is 20.4 Å².